The molecule has 1 atom stereocenters. The molecule has 0 aliphatic rings. The molecule has 0 fully saturated rings. The summed E-state index contributed by atoms with van der Waals surface area (Å²) in [5.41, 5.74) is 1.61. The highest BCUT2D eigenvalue weighted by Crippen LogP contribution is 2.28. The molecule has 1 N–H and O–H groups in total. The predicted octanol–water partition coefficient (Wildman–Crippen LogP) is 3.08. The van der Waals surface area contributed by atoms with Crippen LogP contribution in [-0.2, 0) is 11.1 Å². The lowest BCUT2D eigenvalue weighted by atomic mass is 10.2. The Kier molecular flexibility index (Phi) is 2.70. The molecule has 18 heavy (non-hydrogen) atoms. The van der Waals surface area contributed by atoms with Gasteiger partial charge in [0.15, 0.2) is 11.1 Å². The van der Waals surface area contributed by atoms with Gasteiger partial charge < -0.3 is 8.97 Å². The van der Waals surface area contributed by atoms with Gasteiger partial charge in [-0.15, -0.1) is 0 Å². The molecule has 5 heteroatoms. The average Bonchev–Trinajstić information content (AvgIpc) is 2.82. The summed E-state index contributed by atoms with van der Waals surface area (Å²) < 4.78 is 25.7. The first-order valence-corrected chi connectivity index (χ1v) is 6.39. The fourth-order valence-electron chi connectivity index (χ4n) is 1.79. The summed E-state index contributed by atoms with van der Waals surface area (Å²) in [5.74, 6) is 0.716. The maximum atomic E-state index is 11.0. The number of hydrogen-bond donors (Lipinski definition) is 1. The number of hydrogen-bond acceptors (Lipinski definition) is 3. The standard InChI is InChI=1S/C13H9NO3S/c15-18(16)11-1-2-12-10(7-11)8-13(17-12)9-3-5-14-6-4-9/h1-8H,(H,15,16). The lowest BCUT2D eigenvalue weighted by Gasteiger charge is -1.93. The van der Waals surface area contributed by atoms with Crippen LogP contribution in [0.25, 0.3) is 22.3 Å². The van der Waals surface area contributed by atoms with Crippen molar-refractivity contribution >= 4 is 22.0 Å². The van der Waals surface area contributed by atoms with E-state index in [1.54, 1.807) is 30.6 Å². The quantitative estimate of drug-likeness (QED) is 0.718. The molecule has 3 aromatic rings. The SMILES string of the molecule is O=S(O)c1ccc2oc(-c3ccncc3)cc2c1. The number of aromatic nitrogens is 1. The molecule has 90 valence electrons. The number of nitrogens with zero attached hydrogens (tertiary/aromatic N) is 1. The molecule has 3 rings (SSSR count). The molecule has 2 aromatic heterocycles. The zero-order valence-corrected chi connectivity index (χ0v) is 10.1. The Bertz CT molecular complexity index is 721. The van der Waals surface area contributed by atoms with Crippen molar-refractivity contribution in [3.63, 3.8) is 0 Å². The van der Waals surface area contributed by atoms with E-state index in [1.165, 1.54) is 0 Å². The maximum absolute atomic E-state index is 11.0. The van der Waals surface area contributed by atoms with Crippen LogP contribution in [0.5, 0.6) is 0 Å². The Labute approximate surface area is 106 Å². The summed E-state index contributed by atoms with van der Waals surface area (Å²) in [6.07, 6.45) is 3.38. The van der Waals surface area contributed by atoms with Crippen molar-refractivity contribution in [2.45, 2.75) is 4.90 Å². The molecule has 0 saturated heterocycles. The van der Waals surface area contributed by atoms with Crippen molar-refractivity contribution in [2.75, 3.05) is 0 Å². The highest BCUT2D eigenvalue weighted by molar-refractivity contribution is 7.79. The Morgan fingerprint density at radius 1 is 1.11 bits per heavy atom. The number of pyridine rings is 1. The molecular weight excluding hydrogens is 250 g/mol. The fraction of sp³-hybridized carbons (Fsp3) is 0. The summed E-state index contributed by atoms with van der Waals surface area (Å²) in [6, 6.07) is 10.5. The molecule has 1 unspecified atom stereocenters. The van der Waals surface area contributed by atoms with Crippen molar-refractivity contribution in [3.8, 4) is 11.3 Å². The molecule has 0 aliphatic heterocycles. The summed E-state index contributed by atoms with van der Waals surface area (Å²) in [4.78, 5) is 4.31. The smallest absolute Gasteiger partial charge is 0.186 e. The lowest BCUT2D eigenvalue weighted by molar-refractivity contribution is 0.564. The van der Waals surface area contributed by atoms with E-state index in [4.69, 9.17) is 8.97 Å². The van der Waals surface area contributed by atoms with Crippen molar-refractivity contribution in [1.29, 1.82) is 0 Å². The lowest BCUT2D eigenvalue weighted by Crippen LogP contribution is -1.86. The molecule has 2 heterocycles. The Balaban J connectivity index is 2.14. The van der Waals surface area contributed by atoms with Crippen molar-refractivity contribution in [1.82, 2.24) is 4.98 Å². The van der Waals surface area contributed by atoms with Gasteiger partial charge in [-0.1, -0.05) is 0 Å². The van der Waals surface area contributed by atoms with Crippen LogP contribution in [0.1, 0.15) is 0 Å². The highest BCUT2D eigenvalue weighted by atomic mass is 32.2. The minimum Gasteiger partial charge on any atom is -0.456 e. The van der Waals surface area contributed by atoms with Crippen LogP contribution < -0.4 is 0 Å². The first kappa shape index (κ1) is 11.1. The number of fused-ring (bicyclic) bond motifs is 1. The van der Waals surface area contributed by atoms with Crippen molar-refractivity contribution < 1.29 is 13.2 Å². The monoisotopic (exact) mass is 259 g/mol. The van der Waals surface area contributed by atoms with E-state index < -0.39 is 11.1 Å². The van der Waals surface area contributed by atoms with E-state index in [-0.39, 0.29) is 0 Å². The second-order valence-electron chi connectivity index (χ2n) is 3.80. The van der Waals surface area contributed by atoms with Crippen molar-refractivity contribution in [3.05, 3.63) is 48.8 Å². The molecule has 0 radical (unpaired) electrons. The van der Waals surface area contributed by atoms with Gasteiger partial charge in [-0.3, -0.25) is 4.98 Å². The number of benzene rings is 1. The van der Waals surface area contributed by atoms with E-state index in [0.29, 0.717) is 16.2 Å². The van der Waals surface area contributed by atoms with E-state index in [9.17, 15) is 4.21 Å². The van der Waals surface area contributed by atoms with Gasteiger partial charge in [0.25, 0.3) is 0 Å². The Morgan fingerprint density at radius 2 is 1.89 bits per heavy atom. The maximum Gasteiger partial charge on any atom is 0.186 e. The van der Waals surface area contributed by atoms with Gasteiger partial charge in [-0.25, -0.2) is 4.21 Å². The third-order valence-electron chi connectivity index (χ3n) is 2.65. The number of rotatable bonds is 2. The molecule has 0 spiro atoms. The van der Waals surface area contributed by atoms with Gasteiger partial charge in [0.2, 0.25) is 0 Å². The zero-order chi connectivity index (χ0) is 12.5. The molecular formula is C13H9NO3S. The van der Waals surface area contributed by atoms with Gasteiger partial charge in [0, 0.05) is 23.3 Å². The average molecular weight is 259 g/mol. The van der Waals surface area contributed by atoms with Crippen LogP contribution in [0.4, 0.5) is 0 Å². The van der Waals surface area contributed by atoms with E-state index in [2.05, 4.69) is 4.98 Å². The molecule has 0 aliphatic carbocycles. The summed E-state index contributed by atoms with van der Waals surface area (Å²) in [7, 11) is 0. The number of furan rings is 1. The molecule has 0 amide bonds. The van der Waals surface area contributed by atoms with Crippen LogP contribution in [-0.4, -0.2) is 13.7 Å². The predicted molar refractivity (Wildman–Crippen MR) is 68.5 cm³/mol. The topological polar surface area (TPSA) is 63.3 Å². The third-order valence-corrected chi connectivity index (χ3v) is 3.31. The molecule has 1 aromatic carbocycles. The van der Waals surface area contributed by atoms with E-state index in [0.717, 1.165) is 10.9 Å². The van der Waals surface area contributed by atoms with Crippen LogP contribution in [0.2, 0.25) is 0 Å². The van der Waals surface area contributed by atoms with E-state index >= 15 is 0 Å². The fourth-order valence-corrected chi connectivity index (χ4v) is 2.20. The zero-order valence-electron chi connectivity index (χ0n) is 9.24. The minimum atomic E-state index is -1.97. The van der Waals surface area contributed by atoms with Crippen LogP contribution in [0.3, 0.4) is 0 Å². The van der Waals surface area contributed by atoms with Crippen LogP contribution >= 0.6 is 0 Å². The second kappa shape index (κ2) is 4.36. The van der Waals surface area contributed by atoms with Gasteiger partial charge in [-0.05, 0) is 36.4 Å². The molecule has 0 bridgehead atoms. The molecule has 4 nitrogen and oxygen atoms in total. The first-order valence-electron chi connectivity index (χ1n) is 5.29. The van der Waals surface area contributed by atoms with E-state index in [1.807, 2.05) is 18.2 Å². The van der Waals surface area contributed by atoms with Gasteiger partial charge in [-0.2, -0.15) is 0 Å². The summed E-state index contributed by atoms with van der Waals surface area (Å²) in [5, 5.41) is 0.807. The van der Waals surface area contributed by atoms with Crippen LogP contribution in [0, 0.1) is 0 Å². The normalized spacial score (nSPS) is 12.7. The second-order valence-corrected chi connectivity index (χ2v) is 4.77. The van der Waals surface area contributed by atoms with Crippen molar-refractivity contribution in [2.24, 2.45) is 0 Å². The largest absolute Gasteiger partial charge is 0.456 e. The van der Waals surface area contributed by atoms with Gasteiger partial charge in [0.1, 0.15) is 11.3 Å². The first-order chi connectivity index (χ1) is 8.74. The molecule has 0 saturated carbocycles. The minimum absolute atomic E-state index is 0.365. The Morgan fingerprint density at radius 3 is 2.61 bits per heavy atom. The summed E-state index contributed by atoms with van der Waals surface area (Å²) in [6.45, 7) is 0. The van der Waals surface area contributed by atoms with Gasteiger partial charge in [0.05, 0.1) is 4.90 Å². The third kappa shape index (κ3) is 1.94. The highest BCUT2D eigenvalue weighted by Gasteiger charge is 2.08. The van der Waals surface area contributed by atoms with Gasteiger partial charge >= 0.3 is 0 Å². The van der Waals surface area contributed by atoms with Crippen LogP contribution in [0.15, 0.2) is 58.1 Å². The Hall–Kier alpha value is -1.98. The summed E-state index contributed by atoms with van der Waals surface area (Å²) >= 11 is -1.97.